The van der Waals surface area contributed by atoms with Crippen molar-refractivity contribution in [2.24, 2.45) is 5.92 Å². The monoisotopic (exact) mass is 259 g/mol. The smallest absolute Gasteiger partial charge is 0.153 e. The molecule has 0 aromatic rings. The summed E-state index contributed by atoms with van der Waals surface area (Å²) in [6.45, 7) is 8.46. The van der Waals surface area contributed by atoms with Gasteiger partial charge in [0.25, 0.3) is 0 Å². The summed E-state index contributed by atoms with van der Waals surface area (Å²) in [5.41, 5.74) is 0.172. The molecular weight excluding hydrogens is 234 g/mol. The van der Waals surface area contributed by atoms with Crippen LogP contribution in [0.2, 0.25) is 0 Å². The molecule has 1 saturated heterocycles. The van der Waals surface area contributed by atoms with Gasteiger partial charge in [-0.3, -0.25) is 4.90 Å². The normalized spacial score (nSPS) is 25.1. The maximum Gasteiger partial charge on any atom is 0.153 e. The quantitative estimate of drug-likeness (QED) is 0.778. The molecule has 1 saturated carbocycles. The van der Waals surface area contributed by atoms with Crippen LogP contribution in [0.5, 0.6) is 0 Å². The first-order valence-electron chi connectivity index (χ1n) is 6.76. The predicted octanol–water partition coefficient (Wildman–Crippen LogP) is 2.07. The van der Waals surface area contributed by atoms with Crippen molar-refractivity contribution >= 4 is 9.84 Å². The van der Waals surface area contributed by atoms with Gasteiger partial charge in [0.15, 0.2) is 9.84 Å². The maximum atomic E-state index is 12.2. The van der Waals surface area contributed by atoms with Crippen LogP contribution < -0.4 is 0 Å². The van der Waals surface area contributed by atoms with Gasteiger partial charge < -0.3 is 0 Å². The van der Waals surface area contributed by atoms with Gasteiger partial charge in [-0.2, -0.15) is 0 Å². The second-order valence-electron chi connectivity index (χ2n) is 6.63. The summed E-state index contributed by atoms with van der Waals surface area (Å²) >= 11 is 0. The van der Waals surface area contributed by atoms with E-state index in [2.05, 4.69) is 25.7 Å². The molecule has 0 radical (unpaired) electrons. The molecule has 2 fully saturated rings. The minimum atomic E-state index is -2.82. The highest BCUT2D eigenvalue weighted by molar-refractivity contribution is 7.92. The summed E-state index contributed by atoms with van der Waals surface area (Å²) in [6.07, 6.45) is 3.90. The second kappa shape index (κ2) is 4.54. The molecule has 100 valence electrons. The van der Waals surface area contributed by atoms with E-state index in [4.69, 9.17) is 0 Å². The largest absolute Gasteiger partial charge is 0.298 e. The van der Waals surface area contributed by atoms with Crippen molar-refractivity contribution in [3.63, 3.8) is 0 Å². The molecule has 0 bridgehead atoms. The van der Waals surface area contributed by atoms with Gasteiger partial charge in [-0.1, -0.05) is 0 Å². The predicted molar refractivity (Wildman–Crippen MR) is 70.9 cm³/mol. The minimum absolute atomic E-state index is 0.0679. The van der Waals surface area contributed by atoms with E-state index in [0.29, 0.717) is 11.7 Å². The average molecular weight is 259 g/mol. The average Bonchev–Trinajstić information content (AvgIpc) is 3.00. The Morgan fingerprint density at radius 2 is 1.59 bits per heavy atom. The van der Waals surface area contributed by atoms with Crippen LogP contribution in [0.1, 0.15) is 46.5 Å². The van der Waals surface area contributed by atoms with Gasteiger partial charge in [0.2, 0.25) is 0 Å². The van der Waals surface area contributed by atoms with E-state index in [0.717, 1.165) is 38.8 Å². The Bertz CT molecular complexity index is 357. The molecule has 1 aliphatic carbocycles. The highest BCUT2D eigenvalue weighted by atomic mass is 32.2. The van der Waals surface area contributed by atoms with Crippen molar-refractivity contribution in [3.05, 3.63) is 0 Å². The molecule has 0 atom stereocenters. The van der Waals surface area contributed by atoms with Crippen molar-refractivity contribution in [2.45, 2.75) is 57.2 Å². The van der Waals surface area contributed by atoms with E-state index in [-0.39, 0.29) is 10.8 Å². The first-order chi connectivity index (χ1) is 7.79. The van der Waals surface area contributed by atoms with Crippen LogP contribution in [0.4, 0.5) is 0 Å². The Kier molecular flexibility index (Phi) is 3.56. The Labute approximate surface area is 105 Å². The zero-order valence-corrected chi connectivity index (χ0v) is 12.1. The van der Waals surface area contributed by atoms with Crippen molar-refractivity contribution < 1.29 is 8.42 Å². The lowest BCUT2D eigenvalue weighted by molar-refractivity contribution is 0.112. The third kappa shape index (κ3) is 3.44. The first kappa shape index (κ1) is 13.3. The SMILES string of the molecule is CC(C)(C)N1CCC(S(=O)(=O)CC2CC2)CC1. The number of rotatable bonds is 3. The number of piperidine rings is 1. The Hall–Kier alpha value is -0.0900. The summed E-state index contributed by atoms with van der Waals surface area (Å²) in [4.78, 5) is 2.40. The number of nitrogens with zero attached hydrogens (tertiary/aromatic N) is 1. The minimum Gasteiger partial charge on any atom is -0.298 e. The van der Waals surface area contributed by atoms with Crippen LogP contribution in [0, 0.1) is 5.92 Å². The number of hydrogen-bond donors (Lipinski definition) is 0. The molecule has 0 spiro atoms. The zero-order valence-electron chi connectivity index (χ0n) is 11.3. The first-order valence-corrected chi connectivity index (χ1v) is 8.47. The van der Waals surface area contributed by atoms with Crippen LogP contribution in [-0.4, -0.2) is 42.9 Å². The number of likely N-dealkylation sites (tertiary alicyclic amines) is 1. The second-order valence-corrected chi connectivity index (χ2v) is 8.96. The Morgan fingerprint density at radius 1 is 1.06 bits per heavy atom. The topological polar surface area (TPSA) is 37.4 Å². The van der Waals surface area contributed by atoms with Gasteiger partial charge in [0.05, 0.1) is 11.0 Å². The molecule has 2 aliphatic rings. The van der Waals surface area contributed by atoms with Gasteiger partial charge in [0.1, 0.15) is 0 Å². The van der Waals surface area contributed by atoms with E-state index in [9.17, 15) is 8.42 Å². The molecule has 0 aromatic carbocycles. The fourth-order valence-electron chi connectivity index (χ4n) is 2.63. The summed E-state index contributed by atoms with van der Waals surface area (Å²) < 4.78 is 24.3. The lowest BCUT2D eigenvalue weighted by atomic mass is 10.0. The lowest BCUT2D eigenvalue weighted by Gasteiger charge is -2.40. The van der Waals surface area contributed by atoms with Crippen LogP contribution in [0.3, 0.4) is 0 Å². The Morgan fingerprint density at radius 3 is 2.00 bits per heavy atom. The van der Waals surface area contributed by atoms with Gasteiger partial charge in [0, 0.05) is 5.54 Å². The Balaban J connectivity index is 1.90. The van der Waals surface area contributed by atoms with Crippen molar-refractivity contribution in [3.8, 4) is 0 Å². The van der Waals surface area contributed by atoms with E-state index in [1.54, 1.807) is 0 Å². The van der Waals surface area contributed by atoms with Crippen molar-refractivity contribution in [1.82, 2.24) is 4.90 Å². The molecule has 1 heterocycles. The molecule has 17 heavy (non-hydrogen) atoms. The molecule has 3 nitrogen and oxygen atoms in total. The highest BCUT2D eigenvalue weighted by Crippen LogP contribution is 2.33. The molecule has 0 aromatic heterocycles. The fourth-order valence-corrected chi connectivity index (χ4v) is 4.83. The van der Waals surface area contributed by atoms with E-state index in [1.165, 1.54) is 0 Å². The van der Waals surface area contributed by atoms with E-state index < -0.39 is 9.84 Å². The zero-order chi connectivity index (χ0) is 12.7. The highest BCUT2D eigenvalue weighted by Gasteiger charge is 2.36. The van der Waals surface area contributed by atoms with Crippen LogP contribution >= 0.6 is 0 Å². The lowest BCUT2D eigenvalue weighted by Crippen LogP contribution is -2.48. The van der Waals surface area contributed by atoms with Crippen LogP contribution in [0.15, 0.2) is 0 Å². The number of sulfone groups is 1. The third-order valence-electron chi connectivity index (χ3n) is 4.06. The van der Waals surface area contributed by atoms with Crippen LogP contribution in [-0.2, 0) is 9.84 Å². The van der Waals surface area contributed by atoms with Gasteiger partial charge in [-0.25, -0.2) is 8.42 Å². The molecular formula is C13H25NO2S. The van der Waals surface area contributed by atoms with Crippen molar-refractivity contribution in [2.75, 3.05) is 18.8 Å². The maximum absolute atomic E-state index is 12.2. The summed E-state index contributed by atoms with van der Waals surface area (Å²) in [6, 6.07) is 0. The van der Waals surface area contributed by atoms with E-state index >= 15 is 0 Å². The third-order valence-corrected chi connectivity index (χ3v) is 6.49. The van der Waals surface area contributed by atoms with E-state index in [1.807, 2.05) is 0 Å². The molecule has 4 heteroatoms. The molecule has 0 amide bonds. The molecule has 1 aliphatic heterocycles. The summed E-state index contributed by atoms with van der Waals surface area (Å²) in [7, 11) is -2.82. The molecule has 2 rings (SSSR count). The standard InChI is InChI=1S/C13H25NO2S/c1-13(2,3)14-8-6-12(7-9-14)17(15,16)10-11-4-5-11/h11-12H,4-10H2,1-3H3. The summed E-state index contributed by atoms with van der Waals surface area (Å²) in [5, 5.41) is -0.0679. The van der Waals surface area contributed by atoms with Crippen molar-refractivity contribution in [1.29, 1.82) is 0 Å². The molecule has 0 unspecified atom stereocenters. The summed E-state index contributed by atoms with van der Waals surface area (Å²) in [5.74, 6) is 0.938. The van der Waals surface area contributed by atoms with Gasteiger partial charge >= 0.3 is 0 Å². The number of hydrogen-bond acceptors (Lipinski definition) is 3. The van der Waals surface area contributed by atoms with Gasteiger partial charge in [-0.05, 0) is 65.5 Å². The van der Waals surface area contributed by atoms with Crippen LogP contribution in [0.25, 0.3) is 0 Å². The fraction of sp³-hybridized carbons (Fsp3) is 1.00. The molecule has 0 N–H and O–H groups in total. The van der Waals surface area contributed by atoms with Gasteiger partial charge in [-0.15, -0.1) is 0 Å².